The molecule has 0 aliphatic carbocycles. The Morgan fingerprint density at radius 1 is 1.06 bits per heavy atom. The molecule has 182 valence electrons. The van der Waals surface area contributed by atoms with Crippen molar-refractivity contribution in [1.82, 2.24) is 19.9 Å². The Balaban J connectivity index is 1.66. The second kappa shape index (κ2) is 11.0. The predicted octanol–water partition coefficient (Wildman–Crippen LogP) is 1.48. The number of aryl methyl sites for hydroxylation is 1. The van der Waals surface area contributed by atoms with Crippen LogP contribution in [0.15, 0.2) is 36.7 Å². The average molecular weight is 487 g/mol. The highest BCUT2D eigenvalue weighted by Gasteiger charge is 2.27. The van der Waals surface area contributed by atoms with E-state index in [4.69, 9.17) is 4.74 Å². The number of hydrogen-bond acceptors (Lipinski definition) is 10. The summed E-state index contributed by atoms with van der Waals surface area (Å²) < 4.78 is 17.9. The first-order chi connectivity index (χ1) is 16.4. The van der Waals surface area contributed by atoms with Gasteiger partial charge in [0.1, 0.15) is 24.3 Å². The van der Waals surface area contributed by atoms with Gasteiger partial charge < -0.3 is 19.8 Å². The topological polar surface area (TPSA) is 125 Å². The van der Waals surface area contributed by atoms with E-state index in [1.54, 1.807) is 0 Å². The molecule has 2 N–H and O–H groups in total. The summed E-state index contributed by atoms with van der Waals surface area (Å²) >= 11 is 0. The minimum atomic E-state index is -1.03. The van der Waals surface area contributed by atoms with Crippen LogP contribution < -0.4 is 14.5 Å². The Bertz CT molecular complexity index is 1110. The number of aliphatic hydroxyl groups is 2. The second-order valence-corrected chi connectivity index (χ2v) is 9.86. The molecular weight excluding hydrogens is 456 g/mol. The first kappa shape index (κ1) is 24.2. The molecule has 3 aromatic rings. The summed E-state index contributed by atoms with van der Waals surface area (Å²) in [6.07, 6.45) is 1.03. The van der Waals surface area contributed by atoms with Gasteiger partial charge in [-0.15, -0.1) is 0 Å². The van der Waals surface area contributed by atoms with E-state index in [0.29, 0.717) is 53.9 Å². The van der Waals surface area contributed by atoms with Crippen LogP contribution in [0.25, 0.3) is 11.0 Å². The van der Waals surface area contributed by atoms with Crippen LogP contribution in [0.4, 0.5) is 11.8 Å². The van der Waals surface area contributed by atoms with E-state index < -0.39 is 23.3 Å². The molecule has 3 heterocycles. The smallest absolute Gasteiger partial charge is 0.244 e. The first-order valence-corrected chi connectivity index (χ1v) is 12.9. The maximum atomic E-state index is 11.9. The quantitative estimate of drug-likeness (QED) is 0.339. The standard InChI is InChI=1S/C23H30N6O4S/c1-16(30)29(17(2)31)23-26-20-19(21(27-23)28-10-13-34(32)14-11-28)24-15-25-22(20)33-12-6-9-18-7-4-3-5-8-18/h3-5,7-8,15-17,30-31H,6,9-14H2,1-2H3. The number of aliphatic hydroxyl groups excluding tert-OH is 2. The Morgan fingerprint density at radius 3 is 2.44 bits per heavy atom. The molecule has 2 atom stereocenters. The van der Waals surface area contributed by atoms with Crippen LogP contribution in [0.2, 0.25) is 0 Å². The van der Waals surface area contributed by atoms with Gasteiger partial charge in [0, 0.05) is 35.4 Å². The molecule has 34 heavy (non-hydrogen) atoms. The Labute approximate surface area is 201 Å². The number of benzene rings is 1. The van der Waals surface area contributed by atoms with E-state index in [-0.39, 0.29) is 5.95 Å². The van der Waals surface area contributed by atoms with Crippen molar-refractivity contribution >= 4 is 33.6 Å². The molecule has 1 fully saturated rings. The molecule has 1 aromatic carbocycles. The fourth-order valence-corrected chi connectivity index (χ4v) is 4.98. The summed E-state index contributed by atoms with van der Waals surface area (Å²) in [5.41, 5.74) is 2.15. The molecular formula is C23H30N6O4S. The molecule has 11 heteroatoms. The van der Waals surface area contributed by atoms with Gasteiger partial charge in [0.25, 0.3) is 0 Å². The van der Waals surface area contributed by atoms with Gasteiger partial charge in [0.2, 0.25) is 11.8 Å². The second-order valence-electron chi connectivity index (χ2n) is 8.17. The summed E-state index contributed by atoms with van der Waals surface area (Å²) in [5.74, 6) is 2.07. The number of nitrogens with zero attached hydrogens (tertiary/aromatic N) is 6. The van der Waals surface area contributed by atoms with Gasteiger partial charge in [0.15, 0.2) is 11.3 Å². The Hall–Kier alpha value is -2.89. The third-order valence-electron chi connectivity index (χ3n) is 5.62. The molecule has 1 saturated heterocycles. The lowest BCUT2D eigenvalue weighted by atomic mass is 10.1. The number of aromatic nitrogens is 4. The van der Waals surface area contributed by atoms with Crippen LogP contribution in [0.3, 0.4) is 0 Å². The highest BCUT2D eigenvalue weighted by molar-refractivity contribution is 7.85. The molecule has 0 radical (unpaired) electrons. The van der Waals surface area contributed by atoms with Crippen molar-refractivity contribution in [2.75, 3.05) is 41.0 Å². The third kappa shape index (κ3) is 5.60. The van der Waals surface area contributed by atoms with Crippen molar-refractivity contribution in [3.63, 3.8) is 0 Å². The van der Waals surface area contributed by atoms with E-state index in [2.05, 4.69) is 32.1 Å². The van der Waals surface area contributed by atoms with Crippen molar-refractivity contribution in [1.29, 1.82) is 0 Å². The monoisotopic (exact) mass is 486 g/mol. The van der Waals surface area contributed by atoms with E-state index in [0.717, 1.165) is 12.8 Å². The Kier molecular flexibility index (Phi) is 7.86. The molecule has 1 aliphatic rings. The van der Waals surface area contributed by atoms with Crippen LogP contribution in [0.1, 0.15) is 25.8 Å². The molecule has 0 bridgehead atoms. The number of fused-ring (bicyclic) bond motifs is 1. The maximum Gasteiger partial charge on any atom is 0.244 e. The highest BCUT2D eigenvalue weighted by Crippen LogP contribution is 2.31. The van der Waals surface area contributed by atoms with E-state index in [1.807, 2.05) is 23.1 Å². The minimum Gasteiger partial charge on any atom is -0.476 e. The van der Waals surface area contributed by atoms with Gasteiger partial charge in [-0.1, -0.05) is 30.3 Å². The van der Waals surface area contributed by atoms with Crippen LogP contribution in [-0.4, -0.2) is 78.0 Å². The zero-order valence-corrected chi connectivity index (χ0v) is 20.2. The summed E-state index contributed by atoms with van der Waals surface area (Å²) in [4.78, 5) is 21.3. The maximum absolute atomic E-state index is 11.9. The van der Waals surface area contributed by atoms with Gasteiger partial charge in [-0.05, 0) is 32.3 Å². The molecule has 1 aliphatic heterocycles. The van der Waals surface area contributed by atoms with Crippen LogP contribution in [0, 0.1) is 0 Å². The van der Waals surface area contributed by atoms with Gasteiger partial charge in [0.05, 0.1) is 6.61 Å². The zero-order valence-electron chi connectivity index (χ0n) is 19.4. The lowest BCUT2D eigenvalue weighted by Gasteiger charge is -2.31. The molecule has 2 aromatic heterocycles. The summed E-state index contributed by atoms with van der Waals surface area (Å²) in [5, 5.41) is 20.5. The Morgan fingerprint density at radius 2 is 1.76 bits per heavy atom. The average Bonchev–Trinajstić information content (AvgIpc) is 2.82. The van der Waals surface area contributed by atoms with Crippen LogP contribution in [-0.2, 0) is 17.2 Å². The molecule has 4 rings (SSSR count). The molecule has 0 spiro atoms. The predicted molar refractivity (Wildman–Crippen MR) is 131 cm³/mol. The van der Waals surface area contributed by atoms with E-state index >= 15 is 0 Å². The first-order valence-electron chi connectivity index (χ1n) is 11.4. The zero-order chi connectivity index (χ0) is 24.1. The largest absolute Gasteiger partial charge is 0.476 e. The number of hydrogen-bond donors (Lipinski definition) is 2. The van der Waals surface area contributed by atoms with Crippen molar-refractivity contribution in [3.8, 4) is 5.88 Å². The van der Waals surface area contributed by atoms with E-state index in [1.165, 1.54) is 30.6 Å². The van der Waals surface area contributed by atoms with Crippen molar-refractivity contribution in [2.45, 2.75) is 39.1 Å². The summed E-state index contributed by atoms with van der Waals surface area (Å²) in [7, 11) is -0.856. The SMILES string of the molecule is CC(O)N(c1nc(N2CCS(=O)CC2)c2ncnc(OCCCc3ccccc3)c2n1)C(C)O. The normalized spacial score (nSPS) is 16.4. The number of rotatable bonds is 9. The van der Waals surface area contributed by atoms with Gasteiger partial charge in [-0.25, -0.2) is 9.97 Å². The van der Waals surface area contributed by atoms with Crippen molar-refractivity contribution in [2.24, 2.45) is 0 Å². The third-order valence-corrected chi connectivity index (χ3v) is 6.90. The number of anilines is 2. The van der Waals surface area contributed by atoms with Crippen molar-refractivity contribution in [3.05, 3.63) is 42.2 Å². The lowest BCUT2D eigenvalue weighted by Crippen LogP contribution is -2.42. The van der Waals surface area contributed by atoms with Gasteiger partial charge >= 0.3 is 0 Å². The molecule has 2 unspecified atom stereocenters. The van der Waals surface area contributed by atoms with Gasteiger partial charge in [-0.3, -0.25) is 9.11 Å². The highest BCUT2D eigenvalue weighted by atomic mass is 32.2. The fourth-order valence-electron chi connectivity index (χ4n) is 3.93. The number of ether oxygens (including phenoxy) is 1. The van der Waals surface area contributed by atoms with Crippen LogP contribution in [0.5, 0.6) is 5.88 Å². The molecule has 0 saturated carbocycles. The van der Waals surface area contributed by atoms with Crippen molar-refractivity contribution < 1.29 is 19.2 Å². The minimum absolute atomic E-state index is 0.142. The summed E-state index contributed by atoms with van der Waals surface area (Å²) in [6, 6.07) is 10.2. The lowest BCUT2D eigenvalue weighted by molar-refractivity contribution is 0.103. The molecule has 0 amide bonds. The van der Waals surface area contributed by atoms with E-state index in [9.17, 15) is 14.4 Å². The van der Waals surface area contributed by atoms with Crippen LogP contribution >= 0.6 is 0 Å². The van der Waals surface area contributed by atoms with Gasteiger partial charge in [-0.2, -0.15) is 9.97 Å². The fraction of sp³-hybridized carbons (Fsp3) is 0.478. The molecule has 10 nitrogen and oxygen atoms in total. The summed E-state index contributed by atoms with van der Waals surface area (Å²) in [6.45, 7) is 4.62.